The fourth-order valence-corrected chi connectivity index (χ4v) is 3.45. The Morgan fingerprint density at radius 2 is 1.95 bits per heavy atom. The van der Waals surface area contributed by atoms with Crippen molar-refractivity contribution in [2.75, 3.05) is 24.5 Å². The number of hydrogen-bond donors (Lipinski definition) is 1. The summed E-state index contributed by atoms with van der Waals surface area (Å²) in [5, 5.41) is 0. The highest BCUT2D eigenvalue weighted by Gasteiger charge is 2.24. The third-order valence-electron chi connectivity index (χ3n) is 4.59. The third kappa shape index (κ3) is 2.73. The Balaban J connectivity index is 1.73. The van der Waals surface area contributed by atoms with Gasteiger partial charge in [-0.05, 0) is 57.4 Å². The largest absolute Gasteiger partial charge is 0.356 e. The van der Waals surface area contributed by atoms with Crippen LogP contribution in [0.25, 0.3) is 0 Å². The predicted molar refractivity (Wildman–Crippen MR) is 77.3 cm³/mol. The molecule has 1 aromatic rings. The van der Waals surface area contributed by atoms with Crippen molar-refractivity contribution in [3.63, 3.8) is 0 Å². The lowest BCUT2D eigenvalue weighted by Crippen LogP contribution is -2.36. The number of rotatable bonds is 3. The molecule has 1 saturated heterocycles. The molecule has 0 atom stereocenters. The van der Waals surface area contributed by atoms with Gasteiger partial charge in [0.25, 0.3) is 0 Å². The first-order valence-electron chi connectivity index (χ1n) is 7.66. The second-order valence-electron chi connectivity index (χ2n) is 5.84. The van der Waals surface area contributed by atoms with Gasteiger partial charge in [0.15, 0.2) is 0 Å². The summed E-state index contributed by atoms with van der Waals surface area (Å²) in [6.07, 6.45) is 10.3. The number of hydrogen-bond acceptors (Lipinski definition) is 4. The number of aromatic nitrogens is 2. The van der Waals surface area contributed by atoms with E-state index >= 15 is 0 Å². The van der Waals surface area contributed by atoms with Gasteiger partial charge < -0.3 is 10.6 Å². The Labute approximate surface area is 115 Å². The lowest BCUT2D eigenvalue weighted by Gasteiger charge is -2.34. The molecule has 1 aliphatic carbocycles. The number of nitrogens with two attached hydrogens (primary N) is 1. The molecule has 104 valence electrons. The quantitative estimate of drug-likeness (QED) is 0.902. The molecule has 2 aliphatic rings. The first-order valence-corrected chi connectivity index (χ1v) is 7.66. The van der Waals surface area contributed by atoms with Gasteiger partial charge >= 0.3 is 0 Å². The van der Waals surface area contributed by atoms with Crippen LogP contribution in [-0.2, 0) is 12.8 Å². The maximum Gasteiger partial charge on any atom is 0.135 e. The van der Waals surface area contributed by atoms with E-state index in [1.165, 1.54) is 49.2 Å². The molecular weight excluding hydrogens is 236 g/mol. The highest BCUT2D eigenvalue weighted by atomic mass is 15.2. The van der Waals surface area contributed by atoms with Crippen LogP contribution >= 0.6 is 0 Å². The number of fused-ring (bicyclic) bond motifs is 1. The Morgan fingerprint density at radius 1 is 1.16 bits per heavy atom. The molecule has 4 nitrogen and oxygen atoms in total. The number of piperidine rings is 1. The van der Waals surface area contributed by atoms with E-state index < -0.39 is 0 Å². The van der Waals surface area contributed by atoms with Crippen LogP contribution in [0.3, 0.4) is 0 Å². The molecule has 0 saturated carbocycles. The van der Waals surface area contributed by atoms with Gasteiger partial charge in [0, 0.05) is 24.3 Å². The average molecular weight is 260 g/mol. The molecule has 0 spiro atoms. The van der Waals surface area contributed by atoms with E-state index in [1.807, 2.05) is 0 Å². The first kappa shape index (κ1) is 12.9. The molecule has 19 heavy (non-hydrogen) atoms. The second-order valence-corrected chi connectivity index (χ2v) is 5.84. The fraction of sp³-hybridized carbons (Fsp3) is 0.733. The maximum absolute atomic E-state index is 5.66. The summed E-state index contributed by atoms with van der Waals surface area (Å²) in [7, 11) is 0. The molecule has 0 radical (unpaired) electrons. The van der Waals surface area contributed by atoms with Crippen molar-refractivity contribution in [2.24, 2.45) is 11.7 Å². The van der Waals surface area contributed by atoms with Gasteiger partial charge in [0.1, 0.15) is 12.1 Å². The second kappa shape index (κ2) is 5.87. The lowest BCUT2D eigenvalue weighted by molar-refractivity contribution is 0.384. The minimum absolute atomic E-state index is 0.818. The zero-order valence-electron chi connectivity index (χ0n) is 11.6. The first-order chi connectivity index (χ1) is 9.38. The standard InChI is InChI=1S/C15H24N4/c16-8-5-12-6-9-19(10-7-12)15-13-3-1-2-4-14(13)17-11-18-15/h11-12H,1-10,16H2. The Hall–Kier alpha value is -1.16. The fourth-order valence-electron chi connectivity index (χ4n) is 3.45. The van der Waals surface area contributed by atoms with Crippen LogP contribution < -0.4 is 10.6 Å². The van der Waals surface area contributed by atoms with Crippen molar-refractivity contribution in [3.8, 4) is 0 Å². The van der Waals surface area contributed by atoms with Crippen molar-refractivity contribution >= 4 is 5.82 Å². The van der Waals surface area contributed by atoms with Crippen LogP contribution in [0.15, 0.2) is 6.33 Å². The van der Waals surface area contributed by atoms with Crippen LogP contribution in [-0.4, -0.2) is 29.6 Å². The van der Waals surface area contributed by atoms with E-state index in [-0.39, 0.29) is 0 Å². The van der Waals surface area contributed by atoms with E-state index in [4.69, 9.17) is 5.73 Å². The molecule has 0 aromatic carbocycles. The number of nitrogens with zero attached hydrogens (tertiary/aromatic N) is 3. The molecule has 1 fully saturated rings. The Bertz CT molecular complexity index is 424. The summed E-state index contributed by atoms with van der Waals surface area (Å²) in [5.41, 5.74) is 8.38. The van der Waals surface area contributed by atoms with E-state index in [9.17, 15) is 0 Å². The molecule has 0 bridgehead atoms. The Kier molecular flexibility index (Phi) is 3.97. The SMILES string of the molecule is NCCC1CCN(c2ncnc3c2CCCC3)CC1. The van der Waals surface area contributed by atoms with Gasteiger partial charge in [-0.2, -0.15) is 0 Å². The molecule has 0 amide bonds. The van der Waals surface area contributed by atoms with Gasteiger partial charge in [0.2, 0.25) is 0 Å². The van der Waals surface area contributed by atoms with Crippen LogP contribution in [0.2, 0.25) is 0 Å². The minimum Gasteiger partial charge on any atom is -0.356 e. The van der Waals surface area contributed by atoms with Crippen molar-refractivity contribution in [2.45, 2.75) is 44.9 Å². The summed E-state index contributed by atoms with van der Waals surface area (Å²) in [6, 6.07) is 0. The maximum atomic E-state index is 5.66. The van der Waals surface area contributed by atoms with Crippen LogP contribution in [0.1, 0.15) is 43.4 Å². The molecule has 3 rings (SSSR count). The molecule has 1 aliphatic heterocycles. The van der Waals surface area contributed by atoms with Crippen LogP contribution in [0.5, 0.6) is 0 Å². The topological polar surface area (TPSA) is 55.0 Å². The average Bonchev–Trinajstić information content (AvgIpc) is 2.48. The summed E-state index contributed by atoms with van der Waals surface area (Å²) < 4.78 is 0. The molecule has 4 heteroatoms. The van der Waals surface area contributed by atoms with Crippen molar-refractivity contribution in [1.82, 2.24) is 9.97 Å². The van der Waals surface area contributed by atoms with Crippen molar-refractivity contribution in [3.05, 3.63) is 17.6 Å². The molecule has 1 aromatic heterocycles. The van der Waals surface area contributed by atoms with Gasteiger partial charge in [-0.25, -0.2) is 9.97 Å². The van der Waals surface area contributed by atoms with E-state index in [0.29, 0.717) is 0 Å². The lowest BCUT2D eigenvalue weighted by atomic mass is 9.92. The van der Waals surface area contributed by atoms with Gasteiger partial charge in [-0.3, -0.25) is 0 Å². The number of aryl methyl sites for hydroxylation is 1. The summed E-state index contributed by atoms with van der Waals surface area (Å²) in [6.45, 7) is 3.09. The van der Waals surface area contributed by atoms with Crippen LogP contribution in [0.4, 0.5) is 5.82 Å². The van der Waals surface area contributed by atoms with E-state index in [0.717, 1.165) is 38.4 Å². The van der Waals surface area contributed by atoms with Gasteiger partial charge in [-0.15, -0.1) is 0 Å². The summed E-state index contributed by atoms with van der Waals surface area (Å²) >= 11 is 0. The summed E-state index contributed by atoms with van der Waals surface area (Å²) in [5.74, 6) is 2.04. The molecular formula is C15H24N4. The highest BCUT2D eigenvalue weighted by molar-refractivity contribution is 5.49. The zero-order valence-corrected chi connectivity index (χ0v) is 11.6. The van der Waals surface area contributed by atoms with Crippen molar-refractivity contribution < 1.29 is 0 Å². The third-order valence-corrected chi connectivity index (χ3v) is 4.59. The minimum atomic E-state index is 0.818. The van der Waals surface area contributed by atoms with E-state index in [1.54, 1.807) is 6.33 Å². The van der Waals surface area contributed by atoms with Crippen molar-refractivity contribution in [1.29, 1.82) is 0 Å². The monoisotopic (exact) mass is 260 g/mol. The number of anilines is 1. The molecule has 0 unspecified atom stereocenters. The normalized spacial score (nSPS) is 20.4. The molecule has 2 heterocycles. The smallest absolute Gasteiger partial charge is 0.135 e. The highest BCUT2D eigenvalue weighted by Crippen LogP contribution is 2.30. The Morgan fingerprint density at radius 3 is 2.74 bits per heavy atom. The van der Waals surface area contributed by atoms with Gasteiger partial charge in [-0.1, -0.05) is 0 Å². The zero-order chi connectivity index (χ0) is 13.1. The van der Waals surface area contributed by atoms with Crippen LogP contribution in [0, 0.1) is 5.92 Å². The van der Waals surface area contributed by atoms with Gasteiger partial charge in [0.05, 0.1) is 0 Å². The molecule has 2 N–H and O–H groups in total. The predicted octanol–water partition coefficient (Wildman–Crippen LogP) is 1.92. The van der Waals surface area contributed by atoms with E-state index in [2.05, 4.69) is 14.9 Å². The summed E-state index contributed by atoms with van der Waals surface area (Å²) in [4.78, 5) is 11.5.